The first kappa shape index (κ1) is 19.3. The molecule has 3 aliphatic rings. The summed E-state index contributed by atoms with van der Waals surface area (Å²) in [5.41, 5.74) is 0. The van der Waals surface area contributed by atoms with E-state index in [1.807, 2.05) is 0 Å². The molecule has 3 fully saturated rings. The molecule has 0 bridgehead atoms. The lowest BCUT2D eigenvalue weighted by Crippen LogP contribution is -2.54. The maximum atomic E-state index is 12.7. The Morgan fingerprint density at radius 1 is 0.800 bits per heavy atom. The molecule has 6 nitrogen and oxygen atoms in total. The van der Waals surface area contributed by atoms with E-state index in [1.165, 1.54) is 8.61 Å². The van der Waals surface area contributed by atoms with E-state index >= 15 is 0 Å². The van der Waals surface area contributed by atoms with Gasteiger partial charge in [0, 0.05) is 45.3 Å². The molecule has 0 unspecified atom stereocenters. The first-order valence-corrected chi connectivity index (χ1v) is 10.3. The van der Waals surface area contributed by atoms with Crippen molar-refractivity contribution in [2.75, 3.05) is 52.5 Å². The van der Waals surface area contributed by atoms with Crippen LogP contribution in [0.5, 0.6) is 0 Å². The van der Waals surface area contributed by atoms with Crippen LogP contribution >= 0.6 is 0 Å². The standard InChI is InChI=1S/C15H26F3N3O3S/c16-15(17,18)13-1-5-20(6-2-13)25(22,23)21-7-3-14(4-8-21)19-9-11-24-12-10-19/h13-14H,1-12H2. The molecule has 0 aromatic heterocycles. The molecule has 25 heavy (non-hydrogen) atoms. The lowest BCUT2D eigenvalue weighted by atomic mass is 9.98. The van der Waals surface area contributed by atoms with E-state index in [4.69, 9.17) is 4.74 Å². The highest BCUT2D eigenvalue weighted by molar-refractivity contribution is 7.86. The van der Waals surface area contributed by atoms with Gasteiger partial charge in [-0.25, -0.2) is 0 Å². The maximum absolute atomic E-state index is 12.7. The molecule has 3 aliphatic heterocycles. The quantitative estimate of drug-likeness (QED) is 0.735. The van der Waals surface area contributed by atoms with Crippen LogP contribution in [-0.2, 0) is 14.9 Å². The van der Waals surface area contributed by atoms with Crippen LogP contribution in [0.2, 0.25) is 0 Å². The summed E-state index contributed by atoms with van der Waals surface area (Å²) in [5.74, 6) is -1.38. The topological polar surface area (TPSA) is 53.1 Å². The molecule has 0 saturated carbocycles. The largest absolute Gasteiger partial charge is 0.391 e. The number of hydrogen-bond donors (Lipinski definition) is 0. The normalized spacial score (nSPS) is 27.6. The van der Waals surface area contributed by atoms with Gasteiger partial charge in [-0.3, -0.25) is 4.90 Å². The van der Waals surface area contributed by atoms with Gasteiger partial charge in [0.25, 0.3) is 10.2 Å². The Morgan fingerprint density at radius 2 is 1.28 bits per heavy atom. The van der Waals surface area contributed by atoms with Gasteiger partial charge in [0.15, 0.2) is 0 Å². The van der Waals surface area contributed by atoms with Crippen LogP contribution in [0.15, 0.2) is 0 Å². The summed E-state index contributed by atoms with van der Waals surface area (Å²) in [6.45, 7) is 3.96. The number of ether oxygens (including phenoxy) is 1. The van der Waals surface area contributed by atoms with Gasteiger partial charge in [-0.1, -0.05) is 0 Å². The minimum Gasteiger partial charge on any atom is -0.379 e. The van der Waals surface area contributed by atoms with Crippen LogP contribution in [0, 0.1) is 5.92 Å². The van der Waals surface area contributed by atoms with Crippen LogP contribution in [-0.4, -0.2) is 86.6 Å². The van der Waals surface area contributed by atoms with Gasteiger partial charge in [0.05, 0.1) is 19.1 Å². The summed E-state index contributed by atoms with van der Waals surface area (Å²) in [7, 11) is -3.65. The van der Waals surface area contributed by atoms with Crippen molar-refractivity contribution in [1.82, 2.24) is 13.5 Å². The van der Waals surface area contributed by atoms with Gasteiger partial charge >= 0.3 is 6.18 Å². The zero-order valence-electron chi connectivity index (χ0n) is 14.2. The van der Waals surface area contributed by atoms with Crippen molar-refractivity contribution < 1.29 is 26.3 Å². The fourth-order valence-corrected chi connectivity index (χ4v) is 5.63. The molecule has 0 radical (unpaired) electrons. The van der Waals surface area contributed by atoms with Gasteiger partial charge in [-0.2, -0.15) is 30.2 Å². The lowest BCUT2D eigenvalue weighted by Gasteiger charge is -2.41. The molecule has 0 aromatic rings. The molecule has 3 heterocycles. The van der Waals surface area contributed by atoms with E-state index in [1.54, 1.807) is 0 Å². The monoisotopic (exact) mass is 385 g/mol. The van der Waals surface area contributed by atoms with Gasteiger partial charge < -0.3 is 4.74 Å². The smallest absolute Gasteiger partial charge is 0.379 e. The minimum atomic E-state index is -4.23. The molecule has 146 valence electrons. The highest BCUT2D eigenvalue weighted by atomic mass is 32.2. The Hall–Kier alpha value is -0.420. The number of nitrogens with zero attached hydrogens (tertiary/aromatic N) is 3. The fourth-order valence-electron chi connectivity index (χ4n) is 3.96. The van der Waals surface area contributed by atoms with E-state index < -0.39 is 22.3 Å². The molecule has 0 amide bonds. The molecule has 10 heteroatoms. The predicted octanol–water partition coefficient (Wildman–Crippen LogP) is 1.30. The summed E-state index contributed by atoms with van der Waals surface area (Å²) in [5, 5.41) is 0. The first-order valence-electron chi connectivity index (χ1n) is 8.92. The molecule has 0 atom stereocenters. The van der Waals surface area contributed by atoms with Crippen LogP contribution in [0.3, 0.4) is 0 Å². The predicted molar refractivity (Wildman–Crippen MR) is 86.3 cm³/mol. The molecule has 0 N–H and O–H groups in total. The number of morpholine rings is 1. The lowest BCUT2D eigenvalue weighted by molar-refractivity contribution is -0.182. The molecule has 0 aliphatic carbocycles. The van der Waals surface area contributed by atoms with Crippen molar-refractivity contribution in [3.63, 3.8) is 0 Å². The maximum Gasteiger partial charge on any atom is 0.391 e. The third-order valence-electron chi connectivity index (χ3n) is 5.55. The SMILES string of the molecule is O=S(=O)(N1CCC(N2CCOCC2)CC1)N1CCC(C(F)(F)F)CC1. The van der Waals surface area contributed by atoms with E-state index in [2.05, 4.69) is 4.90 Å². The van der Waals surface area contributed by atoms with Crippen molar-refractivity contribution in [3.05, 3.63) is 0 Å². The Bertz CT molecular complexity index is 536. The number of rotatable bonds is 3. The summed E-state index contributed by atoms with van der Waals surface area (Å²) < 4.78 is 71.7. The highest BCUT2D eigenvalue weighted by Crippen LogP contribution is 2.35. The average molecular weight is 385 g/mol. The van der Waals surface area contributed by atoms with E-state index in [0.717, 1.165) is 25.9 Å². The second-order valence-electron chi connectivity index (χ2n) is 7.00. The molecule has 0 aromatic carbocycles. The van der Waals surface area contributed by atoms with E-state index in [-0.39, 0.29) is 25.9 Å². The van der Waals surface area contributed by atoms with Gasteiger partial charge in [-0.05, 0) is 25.7 Å². The van der Waals surface area contributed by atoms with Gasteiger partial charge in [0.1, 0.15) is 0 Å². The molecular weight excluding hydrogens is 359 g/mol. The molecule has 3 saturated heterocycles. The van der Waals surface area contributed by atoms with E-state index in [0.29, 0.717) is 32.3 Å². The third kappa shape index (κ3) is 4.47. The zero-order valence-corrected chi connectivity index (χ0v) is 15.1. The van der Waals surface area contributed by atoms with Crippen molar-refractivity contribution in [2.45, 2.75) is 37.9 Å². The number of hydrogen-bond acceptors (Lipinski definition) is 4. The van der Waals surface area contributed by atoms with Crippen LogP contribution in [0.4, 0.5) is 13.2 Å². The third-order valence-corrected chi connectivity index (χ3v) is 7.59. The van der Waals surface area contributed by atoms with E-state index in [9.17, 15) is 21.6 Å². The van der Waals surface area contributed by atoms with Crippen molar-refractivity contribution >= 4 is 10.2 Å². The Morgan fingerprint density at radius 3 is 1.76 bits per heavy atom. The summed E-state index contributed by atoms with van der Waals surface area (Å²) in [6.07, 6.45) is -3.00. The second kappa shape index (κ2) is 7.67. The average Bonchev–Trinajstić information content (AvgIpc) is 2.62. The Labute approximate surface area is 147 Å². The second-order valence-corrected chi connectivity index (χ2v) is 8.93. The summed E-state index contributed by atoms with van der Waals surface area (Å²) >= 11 is 0. The van der Waals surface area contributed by atoms with Crippen molar-refractivity contribution in [3.8, 4) is 0 Å². The Kier molecular flexibility index (Phi) is 5.94. The summed E-state index contributed by atoms with van der Waals surface area (Å²) in [6, 6.07) is 0.367. The van der Waals surface area contributed by atoms with Crippen LogP contribution < -0.4 is 0 Å². The number of alkyl halides is 3. The minimum absolute atomic E-state index is 0.0457. The zero-order chi connectivity index (χ0) is 18.1. The van der Waals surface area contributed by atoms with Crippen molar-refractivity contribution in [1.29, 1.82) is 0 Å². The van der Waals surface area contributed by atoms with Gasteiger partial charge in [0.2, 0.25) is 0 Å². The highest BCUT2D eigenvalue weighted by Gasteiger charge is 2.44. The van der Waals surface area contributed by atoms with Gasteiger partial charge in [-0.15, -0.1) is 0 Å². The first-order chi connectivity index (χ1) is 11.8. The Balaban J connectivity index is 1.52. The molecular formula is C15H26F3N3O3S. The molecule has 0 spiro atoms. The fraction of sp³-hybridized carbons (Fsp3) is 1.00. The van der Waals surface area contributed by atoms with Crippen LogP contribution in [0.1, 0.15) is 25.7 Å². The number of piperidine rings is 2. The molecule has 3 rings (SSSR count). The summed E-state index contributed by atoms with van der Waals surface area (Å²) in [4.78, 5) is 2.35. The number of halogens is 3. The van der Waals surface area contributed by atoms with Crippen molar-refractivity contribution in [2.24, 2.45) is 5.92 Å². The van der Waals surface area contributed by atoms with Crippen LogP contribution in [0.25, 0.3) is 0 Å².